The molecule has 0 fully saturated rings. The first-order chi connectivity index (χ1) is 8.41. The normalized spacial score (nSPS) is 11.6. The quantitative estimate of drug-likeness (QED) is 0.814. The van der Waals surface area contributed by atoms with Crippen molar-refractivity contribution in [2.75, 3.05) is 24.1 Å². The number of nitrogen functional groups attached to an aromatic ring is 1. The second-order valence-electron chi connectivity index (χ2n) is 5.30. The van der Waals surface area contributed by atoms with Gasteiger partial charge in [-0.15, -0.1) is 0 Å². The van der Waals surface area contributed by atoms with Gasteiger partial charge in [-0.25, -0.2) is 4.98 Å². The number of anilines is 2. The summed E-state index contributed by atoms with van der Waals surface area (Å²) in [4.78, 5) is 6.75. The van der Waals surface area contributed by atoms with Crippen molar-refractivity contribution in [2.45, 2.75) is 46.7 Å². The highest BCUT2D eigenvalue weighted by atomic mass is 15.2. The van der Waals surface area contributed by atoms with Crippen molar-refractivity contribution in [2.24, 2.45) is 0 Å². The molecular formula is C14H26N4. The Morgan fingerprint density at radius 2 is 1.89 bits per heavy atom. The number of nitrogens with one attached hydrogen (secondary N) is 1. The zero-order valence-corrected chi connectivity index (χ0v) is 12.2. The predicted octanol–water partition coefficient (Wildman–Crippen LogP) is 2.50. The van der Waals surface area contributed by atoms with Crippen LogP contribution in [0.2, 0.25) is 0 Å². The Bertz CT molecular complexity index is 366. The molecule has 0 saturated heterocycles. The summed E-state index contributed by atoms with van der Waals surface area (Å²) in [5.41, 5.74) is 7.72. The van der Waals surface area contributed by atoms with Crippen LogP contribution in [0.5, 0.6) is 0 Å². The highest BCUT2D eigenvalue weighted by Gasteiger charge is 2.12. The van der Waals surface area contributed by atoms with Gasteiger partial charge in [-0.1, -0.05) is 0 Å². The van der Waals surface area contributed by atoms with Crippen molar-refractivity contribution < 1.29 is 0 Å². The van der Waals surface area contributed by atoms with Gasteiger partial charge in [0.1, 0.15) is 5.82 Å². The predicted molar refractivity (Wildman–Crippen MR) is 78.9 cm³/mol. The fourth-order valence-corrected chi connectivity index (χ4v) is 2.16. The van der Waals surface area contributed by atoms with Gasteiger partial charge in [0.15, 0.2) is 0 Å². The smallest absolute Gasteiger partial charge is 0.149 e. The number of hydrogen-bond acceptors (Lipinski definition) is 4. The van der Waals surface area contributed by atoms with Crippen LogP contribution >= 0.6 is 0 Å². The van der Waals surface area contributed by atoms with Crippen molar-refractivity contribution in [1.82, 2.24) is 9.88 Å². The fraction of sp³-hybridized carbons (Fsp3) is 0.643. The second kappa shape index (κ2) is 6.59. The number of pyridine rings is 1. The molecule has 102 valence electrons. The molecule has 0 aliphatic heterocycles. The van der Waals surface area contributed by atoms with E-state index in [0.29, 0.717) is 12.1 Å². The lowest BCUT2D eigenvalue weighted by Gasteiger charge is -2.30. The summed E-state index contributed by atoms with van der Waals surface area (Å²) in [7, 11) is 0. The van der Waals surface area contributed by atoms with E-state index in [2.05, 4.69) is 42.9 Å². The Kier molecular flexibility index (Phi) is 5.41. The van der Waals surface area contributed by atoms with Gasteiger partial charge in [0.05, 0.1) is 5.69 Å². The van der Waals surface area contributed by atoms with Crippen LogP contribution in [-0.2, 0) is 0 Å². The van der Waals surface area contributed by atoms with Crippen LogP contribution in [0.1, 0.15) is 33.3 Å². The van der Waals surface area contributed by atoms with Crippen LogP contribution in [0.3, 0.4) is 0 Å². The minimum absolute atomic E-state index is 0.551. The zero-order chi connectivity index (χ0) is 13.7. The fourth-order valence-electron chi connectivity index (χ4n) is 2.16. The van der Waals surface area contributed by atoms with E-state index < -0.39 is 0 Å². The van der Waals surface area contributed by atoms with Gasteiger partial charge in [-0.2, -0.15) is 0 Å². The molecule has 0 saturated carbocycles. The molecule has 0 radical (unpaired) electrons. The minimum atomic E-state index is 0.551. The third-order valence-corrected chi connectivity index (χ3v) is 3.04. The molecule has 0 atom stereocenters. The number of aryl methyl sites for hydroxylation is 1. The lowest BCUT2D eigenvalue weighted by molar-refractivity contribution is 0.182. The molecule has 0 bridgehead atoms. The molecule has 18 heavy (non-hydrogen) atoms. The summed E-state index contributed by atoms with van der Waals surface area (Å²) in [5, 5.41) is 3.30. The molecule has 1 rings (SSSR count). The second-order valence-corrected chi connectivity index (χ2v) is 5.30. The van der Waals surface area contributed by atoms with E-state index in [-0.39, 0.29) is 0 Å². The van der Waals surface area contributed by atoms with Crippen LogP contribution in [0.15, 0.2) is 12.3 Å². The average Bonchev–Trinajstić information content (AvgIpc) is 2.25. The van der Waals surface area contributed by atoms with E-state index in [4.69, 9.17) is 5.73 Å². The van der Waals surface area contributed by atoms with Gasteiger partial charge in [0.25, 0.3) is 0 Å². The van der Waals surface area contributed by atoms with Gasteiger partial charge in [-0.05, 0) is 46.2 Å². The molecule has 4 heteroatoms. The summed E-state index contributed by atoms with van der Waals surface area (Å²) >= 11 is 0. The number of hydrogen-bond donors (Lipinski definition) is 2. The number of nitrogens with zero attached hydrogens (tertiary/aromatic N) is 2. The number of aromatic nitrogens is 1. The Balaban J connectivity index is 2.50. The van der Waals surface area contributed by atoms with E-state index in [9.17, 15) is 0 Å². The standard InChI is InChI=1S/C14H26N4/c1-10(2)18(11(3)4)7-6-16-14-13(15)8-12(5)9-17-14/h8-11H,6-7,15H2,1-5H3,(H,16,17). The van der Waals surface area contributed by atoms with E-state index in [1.807, 2.05) is 19.2 Å². The number of rotatable bonds is 6. The molecule has 1 aromatic rings. The molecule has 3 N–H and O–H groups in total. The molecule has 0 amide bonds. The van der Waals surface area contributed by atoms with Crippen molar-refractivity contribution in [3.8, 4) is 0 Å². The number of nitrogens with two attached hydrogens (primary N) is 1. The van der Waals surface area contributed by atoms with E-state index >= 15 is 0 Å². The Morgan fingerprint density at radius 1 is 1.28 bits per heavy atom. The van der Waals surface area contributed by atoms with E-state index in [1.165, 1.54) is 0 Å². The molecule has 1 aromatic heterocycles. The topological polar surface area (TPSA) is 54.2 Å². The molecule has 1 heterocycles. The Hall–Kier alpha value is -1.29. The zero-order valence-electron chi connectivity index (χ0n) is 12.2. The van der Waals surface area contributed by atoms with Crippen molar-refractivity contribution in [3.05, 3.63) is 17.8 Å². The SMILES string of the molecule is Cc1cnc(NCCN(C(C)C)C(C)C)c(N)c1. The van der Waals surface area contributed by atoms with Crippen molar-refractivity contribution >= 4 is 11.5 Å². The van der Waals surface area contributed by atoms with Crippen LogP contribution < -0.4 is 11.1 Å². The monoisotopic (exact) mass is 250 g/mol. The highest BCUT2D eigenvalue weighted by Crippen LogP contribution is 2.15. The van der Waals surface area contributed by atoms with Crippen LogP contribution in [-0.4, -0.2) is 35.1 Å². The summed E-state index contributed by atoms with van der Waals surface area (Å²) in [6.07, 6.45) is 1.83. The lowest BCUT2D eigenvalue weighted by atomic mass is 10.2. The van der Waals surface area contributed by atoms with Gasteiger partial charge in [0.2, 0.25) is 0 Å². The summed E-state index contributed by atoms with van der Waals surface area (Å²) in [6, 6.07) is 3.04. The molecule has 0 aromatic carbocycles. The molecule has 0 aliphatic rings. The molecule has 4 nitrogen and oxygen atoms in total. The summed E-state index contributed by atoms with van der Waals surface area (Å²) in [5.74, 6) is 0.785. The van der Waals surface area contributed by atoms with Crippen LogP contribution in [0.4, 0.5) is 11.5 Å². The largest absolute Gasteiger partial charge is 0.396 e. The third-order valence-electron chi connectivity index (χ3n) is 3.04. The average molecular weight is 250 g/mol. The minimum Gasteiger partial charge on any atom is -0.396 e. The van der Waals surface area contributed by atoms with Crippen molar-refractivity contribution in [1.29, 1.82) is 0 Å². The van der Waals surface area contributed by atoms with Gasteiger partial charge < -0.3 is 11.1 Å². The van der Waals surface area contributed by atoms with Gasteiger partial charge in [0, 0.05) is 31.4 Å². The Labute approximate surface area is 111 Å². The van der Waals surface area contributed by atoms with Crippen molar-refractivity contribution in [3.63, 3.8) is 0 Å². The molecular weight excluding hydrogens is 224 g/mol. The highest BCUT2D eigenvalue weighted by molar-refractivity contribution is 5.61. The van der Waals surface area contributed by atoms with E-state index in [1.54, 1.807) is 0 Å². The van der Waals surface area contributed by atoms with E-state index in [0.717, 1.165) is 30.2 Å². The first-order valence-corrected chi connectivity index (χ1v) is 6.63. The first-order valence-electron chi connectivity index (χ1n) is 6.63. The van der Waals surface area contributed by atoms with Crippen LogP contribution in [0.25, 0.3) is 0 Å². The molecule has 0 unspecified atom stereocenters. The summed E-state index contributed by atoms with van der Waals surface area (Å²) < 4.78 is 0. The van der Waals surface area contributed by atoms with Gasteiger partial charge >= 0.3 is 0 Å². The van der Waals surface area contributed by atoms with Crippen LogP contribution in [0, 0.1) is 6.92 Å². The Morgan fingerprint density at radius 3 is 2.39 bits per heavy atom. The molecule has 0 aliphatic carbocycles. The maximum atomic E-state index is 5.92. The maximum absolute atomic E-state index is 5.92. The lowest BCUT2D eigenvalue weighted by Crippen LogP contribution is -2.40. The van der Waals surface area contributed by atoms with Gasteiger partial charge in [-0.3, -0.25) is 4.90 Å². The third kappa shape index (κ3) is 4.18. The summed E-state index contributed by atoms with van der Waals surface area (Å²) in [6.45, 7) is 12.7. The molecule has 0 spiro atoms. The maximum Gasteiger partial charge on any atom is 0.149 e. The first kappa shape index (κ1) is 14.8.